The lowest BCUT2D eigenvalue weighted by molar-refractivity contribution is 0.0943. The summed E-state index contributed by atoms with van der Waals surface area (Å²) in [6.07, 6.45) is 0. The third kappa shape index (κ3) is 4.74. The van der Waals surface area contributed by atoms with Crippen molar-refractivity contribution in [2.24, 2.45) is 0 Å². The molecule has 134 valence electrons. The van der Waals surface area contributed by atoms with Gasteiger partial charge in [0, 0.05) is 11.6 Å². The van der Waals surface area contributed by atoms with E-state index in [1.807, 2.05) is 27.7 Å². The van der Waals surface area contributed by atoms with E-state index in [1.165, 1.54) is 18.2 Å². The minimum atomic E-state index is -3.81. The summed E-state index contributed by atoms with van der Waals surface area (Å²) in [6.45, 7) is 7.44. The molecule has 0 aromatic heterocycles. The standard InChI is InChI=1S/C18H21ClN2O3S/c1-11(2)20-18(22)14-6-8-16(19)17(10-14)21-25(23,24)15-7-5-12(3)13(4)9-15/h5-11,21H,1-4H3,(H,20,22). The molecule has 2 aromatic rings. The largest absolute Gasteiger partial charge is 0.350 e. The molecule has 0 heterocycles. The maximum atomic E-state index is 12.6. The zero-order valence-electron chi connectivity index (χ0n) is 14.6. The first-order valence-corrected chi connectivity index (χ1v) is 9.67. The van der Waals surface area contributed by atoms with Gasteiger partial charge in [0.15, 0.2) is 0 Å². The lowest BCUT2D eigenvalue weighted by Crippen LogP contribution is -2.30. The van der Waals surface area contributed by atoms with Crippen LogP contribution in [0.5, 0.6) is 0 Å². The van der Waals surface area contributed by atoms with Crippen LogP contribution in [0, 0.1) is 13.8 Å². The third-order valence-electron chi connectivity index (χ3n) is 3.68. The van der Waals surface area contributed by atoms with Crippen molar-refractivity contribution in [1.82, 2.24) is 5.32 Å². The second-order valence-electron chi connectivity index (χ2n) is 6.17. The highest BCUT2D eigenvalue weighted by Crippen LogP contribution is 2.26. The smallest absolute Gasteiger partial charge is 0.261 e. The third-order valence-corrected chi connectivity index (χ3v) is 5.37. The van der Waals surface area contributed by atoms with Gasteiger partial charge in [-0.25, -0.2) is 8.42 Å². The van der Waals surface area contributed by atoms with E-state index in [0.717, 1.165) is 11.1 Å². The van der Waals surface area contributed by atoms with Gasteiger partial charge in [-0.05, 0) is 69.2 Å². The van der Waals surface area contributed by atoms with Crippen molar-refractivity contribution in [2.45, 2.75) is 38.6 Å². The monoisotopic (exact) mass is 380 g/mol. The van der Waals surface area contributed by atoms with E-state index in [9.17, 15) is 13.2 Å². The fraction of sp³-hybridized carbons (Fsp3) is 0.278. The quantitative estimate of drug-likeness (QED) is 0.826. The van der Waals surface area contributed by atoms with E-state index in [0.29, 0.717) is 5.56 Å². The Morgan fingerprint density at radius 3 is 2.32 bits per heavy atom. The molecular weight excluding hydrogens is 360 g/mol. The summed E-state index contributed by atoms with van der Waals surface area (Å²) < 4.78 is 27.7. The van der Waals surface area contributed by atoms with Gasteiger partial charge in [0.05, 0.1) is 15.6 Å². The molecule has 2 aromatic carbocycles. The highest BCUT2D eigenvalue weighted by molar-refractivity contribution is 7.92. The fourth-order valence-corrected chi connectivity index (χ4v) is 3.55. The number of amides is 1. The van der Waals surface area contributed by atoms with Crippen molar-refractivity contribution in [1.29, 1.82) is 0 Å². The highest BCUT2D eigenvalue weighted by atomic mass is 35.5. The van der Waals surface area contributed by atoms with Gasteiger partial charge in [-0.3, -0.25) is 9.52 Å². The van der Waals surface area contributed by atoms with Crippen molar-refractivity contribution in [3.8, 4) is 0 Å². The van der Waals surface area contributed by atoms with Crippen LogP contribution in [0.1, 0.15) is 35.3 Å². The summed E-state index contributed by atoms with van der Waals surface area (Å²) in [5, 5.41) is 2.97. The number of rotatable bonds is 5. The fourth-order valence-electron chi connectivity index (χ4n) is 2.18. The Kier molecular flexibility index (Phi) is 5.75. The van der Waals surface area contributed by atoms with Gasteiger partial charge in [0.25, 0.3) is 15.9 Å². The number of nitrogens with one attached hydrogen (secondary N) is 2. The van der Waals surface area contributed by atoms with E-state index < -0.39 is 10.0 Å². The number of anilines is 1. The summed E-state index contributed by atoms with van der Waals surface area (Å²) >= 11 is 6.10. The number of sulfonamides is 1. The minimum absolute atomic E-state index is 0.0288. The van der Waals surface area contributed by atoms with Gasteiger partial charge < -0.3 is 5.32 Å². The summed E-state index contributed by atoms with van der Waals surface area (Å²) in [5.41, 5.74) is 2.37. The Balaban J connectivity index is 2.35. The van der Waals surface area contributed by atoms with E-state index in [1.54, 1.807) is 18.2 Å². The van der Waals surface area contributed by atoms with Crippen LogP contribution in [0.25, 0.3) is 0 Å². The number of benzene rings is 2. The highest BCUT2D eigenvalue weighted by Gasteiger charge is 2.18. The van der Waals surface area contributed by atoms with Crippen molar-refractivity contribution in [3.63, 3.8) is 0 Å². The molecule has 1 amide bonds. The molecule has 5 nitrogen and oxygen atoms in total. The molecule has 25 heavy (non-hydrogen) atoms. The molecule has 7 heteroatoms. The van der Waals surface area contributed by atoms with Gasteiger partial charge >= 0.3 is 0 Å². The normalized spacial score (nSPS) is 11.4. The first kappa shape index (κ1) is 19.3. The average Bonchev–Trinajstić information content (AvgIpc) is 2.51. The molecule has 2 rings (SSSR count). The van der Waals surface area contributed by atoms with E-state index in [4.69, 9.17) is 11.6 Å². The van der Waals surface area contributed by atoms with Crippen LogP contribution in [0.3, 0.4) is 0 Å². The second-order valence-corrected chi connectivity index (χ2v) is 8.26. The first-order valence-electron chi connectivity index (χ1n) is 7.80. The number of carbonyl (C=O) groups excluding carboxylic acids is 1. The molecular formula is C18H21ClN2O3S. The van der Waals surface area contributed by atoms with Gasteiger partial charge in [0.1, 0.15) is 0 Å². The first-order chi connectivity index (χ1) is 11.6. The molecule has 0 atom stereocenters. The van der Waals surface area contributed by atoms with Crippen molar-refractivity contribution < 1.29 is 13.2 Å². The SMILES string of the molecule is Cc1ccc(S(=O)(=O)Nc2cc(C(=O)NC(C)C)ccc2Cl)cc1C. The lowest BCUT2D eigenvalue weighted by Gasteiger charge is -2.13. The summed E-state index contributed by atoms with van der Waals surface area (Å²) in [7, 11) is -3.81. The van der Waals surface area contributed by atoms with Gasteiger partial charge in [-0.2, -0.15) is 0 Å². The number of carbonyl (C=O) groups is 1. The van der Waals surface area contributed by atoms with E-state index in [2.05, 4.69) is 10.0 Å². The van der Waals surface area contributed by atoms with Gasteiger partial charge in [-0.1, -0.05) is 17.7 Å². The molecule has 0 bridgehead atoms. The predicted octanol–water partition coefficient (Wildman–Crippen LogP) is 3.90. The lowest BCUT2D eigenvalue weighted by atomic mass is 10.1. The van der Waals surface area contributed by atoms with Gasteiger partial charge in [-0.15, -0.1) is 0 Å². The average molecular weight is 381 g/mol. The van der Waals surface area contributed by atoms with Gasteiger partial charge in [0.2, 0.25) is 0 Å². The van der Waals surface area contributed by atoms with Crippen LogP contribution in [-0.2, 0) is 10.0 Å². The predicted molar refractivity (Wildman–Crippen MR) is 101 cm³/mol. The van der Waals surface area contributed by atoms with Crippen molar-refractivity contribution >= 4 is 33.2 Å². The maximum absolute atomic E-state index is 12.6. The second kappa shape index (κ2) is 7.45. The van der Waals surface area contributed by atoms with Crippen molar-refractivity contribution in [3.05, 3.63) is 58.1 Å². The molecule has 0 aliphatic rings. The zero-order valence-corrected chi connectivity index (χ0v) is 16.1. The minimum Gasteiger partial charge on any atom is -0.350 e. The topological polar surface area (TPSA) is 75.3 Å². The Bertz CT molecular complexity index is 909. The Morgan fingerprint density at radius 1 is 1.04 bits per heavy atom. The molecule has 0 spiro atoms. The van der Waals surface area contributed by atoms with Crippen LogP contribution in [0.4, 0.5) is 5.69 Å². The molecule has 0 saturated carbocycles. The number of hydrogen-bond acceptors (Lipinski definition) is 3. The van der Waals surface area contributed by atoms with E-state index >= 15 is 0 Å². The van der Waals surface area contributed by atoms with Crippen LogP contribution in [0.15, 0.2) is 41.3 Å². The van der Waals surface area contributed by atoms with Crippen molar-refractivity contribution in [2.75, 3.05) is 4.72 Å². The Morgan fingerprint density at radius 2 is 1.72 bits per heavy atom. The molecule has 2 N–H and O–H groups in total. The molecule has 0 saturated heterocycles. The summed E-state index contributed by atoms with van der Waals surface area (Å²) in [4.78, 5) is 12.2. The Labute approximate surface area is 153 Å². The number of hydrogen-bond donors (Lipinski definition) is 2. The molecule has 0 unspecified atom stereocenters. The van der Waals surface area contributed by atoms with Crippen LogP contribution >= 0.6 is 11.6 Å². The summed E-state index contributed by atoms with van der Waals surface area (Å²) in [5.74, 6) is -0.293. The number of halogens is 1. The zero-order chi connectivity index (χ0) is 18.8. The molecule has 0 fully saturated rings. The Hall–Kier alpha value is -2.05. The molecule has 0 aliphatic carbocycles. The summed E-state index contributed by atoms with van der Waals surface area (Å²) in [6, 6.07) is 9.33. The van der Waals surface area contributed by atoms with Crippen LogP contribution in [0.2, 0.25) is 5.02 Å². The van der Waals surface area contributed by atoms with E-state index in [-0.39, 0.29) is 27.6 Å². The van der Waals surface area contributed by atoms with Crippen LogP contribution in [-0.4, -0.2) is 20.4 Å². The molecule has 0 radical (unpaired) electrons. The number of aryl methyl sites for hydroxylation is 2. The maximum Gasteiger partial charge on any atom is 0.261 e. The van der Waals surface area contributed by atoms with Crippen LogP contribution < -0.4 is 10.0 Å². The molecule has 0 aliphatic heterocycles.